The number of aromatic nitrogens is 1. The van der Waals surface area contributed by atoms with E-state index in [-0.39, 0.29) is 11.7 Å². The number of hydrogen-bond acceptors (Lipinski definition) is 4. The molecule has 1 fully saturated rings. The van der Waals surface area contributed by atoms with Crippen molar-refractivity contribution in [3.8, 4) is 17.1 Å². The third-order valence-electron chi connectivity index (χ3n) is 4.76. The molecule has 2 aromatic carbocycles. The summed E-state index contributed by atoms with van der Waals surface area (Å²) in [7, 11) is 0. The molecule has 1 amide bonds. The van der Waals surface area contributed by atoms with Gasteiger partial charge >= 0.3 is 0 Å². The molecule has 4 rings (SSSR count). The lowest BCUT2D eigenvalue weighted by atomic mass is 10.00. The highest BCUT2D eigenvalue weighted by atomic mass is 19.1. The minimum absolute atomic E-state index is 0.164. The second-order valence-corrected chi connectivity index (χ2v) is 6.52. The number of carbonyl (C=O) groups excluding carboxylic acids is 1. The van der Waals surface area contributed by atoms with Crippen LogP contribution in [0.5, 0.6) is 5.75 Å². The molecule has 3 aromatic rings. The molecule has 1 heterocycles. The van der Waals surface area contributed by atoms with E-state index >= 15 is 0 Å². The quantitative estimate of drug-likeness (QED) is 0.695. The Labute approximate surface area is 156 Å². The highest BCUT2D eigenvalue weighted by molar-refractivity contribution is 6.02. The van der Waals surface area contributed by atoms with Gasteiger partial charge < -0.3 is 14.6 Å². The van der Waals surface area contributed by atoms with E-state index < -0.39 is 5.41 Å². The number of anilines is 1. The summed E-state index contributed by atoms with van der Waals surface area (Å²) in [5.74, 6) is 0.386. The number of carbonyl (C=O) groups is 1. The van der Waals surface area contributed by atoms with Crippen molar-refractivity contribution < 1.29 is 18.4 Å². The van der Waals surface area contributed by atoms with Gasteiger partial charge in [0.25, 0.3) is 0 Å². The summed E-state index contributed by atoms with van der Waals surface area (Å²) in [5, 5.41) is 6.99. The van der Waals surface area contributed by atoms with Crippen molar-refractivity contribution in [2.75, 3.05) is 11.9 Å². The van der Waals surface area contributed by atoms with Gasteiger partial charge in [0, 0.05) is 6.07 Å². The fourth-order valence-electron chi connectivity index (χ4n) is 3.11. The fourth-order valence-corrected chi connectivity index (χ4v) is 3.11. The molecule has 1 aliphatic carbocycles. The van der Waals surface area contributed by atoms with Crippen LogP contribution in [0.25, 0.3) is 11.3 Å². The Morgan fingerprint density at radius 1 is 1.22 bits per heavy atom. The molecular formula is C21H19FN2O3. The maximum absolute atomic E-state index is 14.0. The number of rotatable bonds is 6. The Morgan fingerprint density at radius 2 is 1.96 bits per heavy atom. The van der Waals surface area contributed by atoms with Crippen LogP contribution in [0.1, 0.15) is 25.5 Å². The second-order valence-electron chi connectivity index (χ2n) is 6.52. The van der Waals surface area contributed by atoms with Gasteiger partial charge in [0.05, 0.1) is 29.0 Å². The van der Waals surface area contributed by atoms with E-state index in [9.17, 15) is 9.18 Å². The van der Waals surface area contributed by atoms with Gasteiger partial charge in [-0.15, -0.1) is 0 Å². The predicted molar refractivity (Wildman–Crippen MR) is 99.0 cm³/mol. The van der Waals surface area contributed by atoms with Gasteiger partial charge in [0.1, 0.15) is 11.6 Å². The van der Waals surface area contributed by atoms with Crippen LogP contribution in [0.2, 0.25) is 0 Å². The molecule has 1 N–H and O–H groups in total. The van der Waals surface area contributed by atoms with E-state index in [4.69, 9.17) is 9.26 Å². The van der Waals surface area contributed by atoms with Crippen LogP contribution in [0, 0.1) is 5.82 Å². The van der Waals surface area contributed by atoms with Crippen LogP contribution in [0.15, 0.2) is 59.1 Å². The molecule has 0 unspecified atom stereocenters. The van der Waals surface area contributed by atoms with Crippen LogP contribution < -0.4 is 10.1 Å². The Hall–Kier alpha value is -3.15. The number of nitrogens with one attached hydrogen (secondary N) is 1. The number of para-hydroxylation sites is 2. The largest absolute Gasteiger partial charge is 0.492 e. The maximum atomic E-state index is 14.0. The first-order valence-corrected chi connectivity index (χ1v) is 8.89. The SMILES string of the molecule is CCOc1ccccc1NC(=O)C1(c2cc(-c3ccccc3F)on2)CC1. The van der Waals surface area contributed by atoms with E-state index in [1.54, 1.807) is 30.3 Å². The summed E-state index contributed by atoms with van der Waals surface area (Å²) >= 11 is 0. The van der Waals surface area contributed by atoms with Gasteiger partial charge in [0.2, 0.25) is 5.91 Å². The highest BCUT2D eigenvalue weighted by Crippen LogP contribution is 2.49. The minimum atomic E-state index is -0.744. The summed E-state index contributed by atoms with van der Waals surface area (Å²) in [6.07, 6.45) is 1.33. The van der Waals surface area contributed by atoms with Gasteiger partial charge in [-0.05, 0) is 44.0 Å². The normalized spacial score (nSPS) is 14.6. The Morgan fingerprint density at radius 3 is 2.70 bits per heavy atom. The standard InChI is InChI=1S/C21H19FN2O3/c1-2-26-17-10-6-5-9-16(17)23-20(25)21(11-12-21)19-13-18(27-24-19)14-7-3-4-8-15(14)22/h3-10,13H,2,11-12H2,1H3,(H,23,25). The van der Waals surface area contributed by atoms with Crippen molar-refractivity contribution >= 4 is 11.6 Å². The van der Waals surface area contributed by atoms with Crippen LogP contribution in [0.4, 0.5) is 10.1 Å². The van der Waals surface area contributed by atoms with Crippen molar-refractivity contribution in [2.45, 2.75) is 25.2 Å². The summed E-state index contributed by atoms with van der Waals surface area (Å²) in [6, 6.07) is 15.3. The summed E-state index contributed by atoms with van der Waals surface area (Å²) in [6.45, 7) is 2.40. The third kappa shape index (κ3) is 3.18. The average Bonchev–Trinajstić information content (AvgIpc) is 3.35. The van der Waals surface area contributed by atoms with E-state index in [1.165, 1.54) is 6.07 Å². The maximum Gasteiger partial charge on any atom is 0.236 e. The molecule has 0 atom stereocenters. The van der Waals surface area contributed by atoms with Gasteiger partial charge in [-0.3, -0.25) is 4.79 Å². The lowest BCUT2D eigenvalue weighted by molar-refractivity contribution is -0.118. The zero-order valence-electron chi connectivity index (χ0n) is 14.9. The van der Waals surface area contributed by atoms with Crippen molar-refractivity contribution in [3.05, 3.63) is 66.1 Å². The van der Waals surface area contributed by atoms with Gasteiger partial charge in [0.15, 0.2) is 5.76 Å². The van der Waals surface area contributed by atoms with Crippen LogP contribution in [-0.4, -0.2) is 17.7 Å². The predicted octanol–water partition coefficient (Wildman–Crippen LogP) is 4.55. The average molecular weight is 366 g/mol. The molecule has 0 spiro atoms. The fraction of sp³-hybridized carbons (Fsp3) is 0.238. The molecule has 0 aliphatic heterocycles. The molecule has 0 saturated heterocycles. The molecule has 1 saturated carbocycles. The lowest BCUT2D eigenvalue weighted by Crippen LogP contribution is -2.28. The Bertz CT molecular complexity index is 979. The number of amides is 1. The molecule has 1 aromatic heterocycles. The van der Waals surface area contributed by atoms with Crippen molar-refractivity contribution in [2.24, 2.45) is 0 Å². The summed E-state index contributed by atoms with van der Waals surface area (Å²) in [5.41, 5.74) is 0.724. The van der Waals surface area contributed by atoms with Crippen LogP contribution >= 0.6 is 0 Å². The number of ether oxygens (including phenoxy) is 1. The Balaban J connectivity index is 1.58. The molecule has 5 nitrogen and oxygen atoms in total. The van der Waals surface area contributed by atoms with Gasteiger partial charge in [-0.25, -0.2) is 4.39 Å². The third-order valence-corrected chi connectivity index (χ3v) is 4.76. The summed E-state index contributed by atoms with van der Waals surface area (Å²) < 4.78 is 24.9. The number of hydrogen-bond donors (Lipinski definition) is 1. The monoisotopic (exact) mass is 366 g/mol. The van der Waals surface area contributed by atoms with E-state index in [2.05, 4.69) is 10.5 Å². The first kappa shape index (κ1) is 17.3. The number of nitrogens with zero attached hydrogens (tertiary/aromatic N) is 1. The zero-order valence-corrected chi connectivity index (χ0v) is 14.9. The van der Waals surface area contributed by atoms with Crippen LogP contribution in [0.3, 0.4) is 0 Å². The first-order chi connectivity index (χ1) is 13.1. The molecular weight excluding hydrogens is 347 g/mol. The Kier molecular flexibility index (Phi) is 4.39. The summed E-state index contributed by atoms with van der Waals surface area (Å²) in [4.78, 5) is 12.9. The minimum Gasteiger partial charge on any atom is -0.492 e. The topological polar surface area (TPSA) is 64.4 Å². The van der Waals surface area contributed by atoms with Gasteiger partial charge in [-0.1, -0.05) is 29.4 Å². The van der Waals surface area contributed by atoms with Crippen molar-refractivity contribution in [3.63, 3.8) is 0 Å². The van der Waals surface area contributed by atoms with E-state index in [1.807, 2.05) is 25.1 Å². The first-order valence-electron chi connectivity index (χ1n) is 8.89. The van der Waals surface area contributed by atoms with Gasteiger partial charge in [-0.2, -0.15) is 0 Å². The number of benzene rings is 2. The van der Waals surface area contributed by atoms with Crippen LogP contribution in [-0.2, 0) is 10.2 Å². The van der Waals surface area contributed by atoms with Crippen molar-refractivity contribution in [1.82, 2.24) is 5.16 Å². The molecule has 0 radical (unpaired) electrons. The van der Waals surface area contributed by atoms with E-state index in [0.717, 1.165) is 0 Å². The highest BCUT2D eigenvalue weighted by Gasteiger charge is 2.54. The van der Waals surface area contributed by atoms with Crippen molar-refractivity contribution in [1.29, 1.82) is 0 Å². The molecule has 1 aliphatic rings. The smallest absolute Gasteiger partial charge is 0.236 e. The lowest BCUT2D eigenvalue weighted by Gasteiger charge is -2.15. The molecule has 138 valence electrons. The number of halogens is 1. The molecule has 6 heteroatoms. The zero-order chi connectivity index (χ0) is 18.9. The molecule has 0 bridgehead atoms. The molecule has 27 heavy (non-hydrogen) atoms. The van der Waals surface area contributed by atoms with E-state index in [0.29, 0.717) is 47.9 Å². The second kappa shape index (κ2) is 6.87.